The van der Waals surface area contributed by atoms with Crippen LogP contribution < -0.4 is 5.56 Å². The van der Waals surface area contributed by atoms with Crippen molar-refractivity contribution in [3.05, 3.63) is 20.8 Å². The van der Waals surface area contributed by atoms with Gasteiger partial charge < -0.3 is 4.90 Å². The van der Waals surface area contributed by atoms with Crippen LogP contribution >= 0.6 is 23.1 Å². The first-order valence-electron chi connectivity index (χ1n) is 10.1. The van der Waals surface area contributed by atoms with E-state index in [1.165, 1.54) is 28.6 Å². The molecule has 0 N–H and O–H groups in total. The van der Waals surface area contributed by atoms with Gasteiger partial charge in [-0.25, -0.2) is 4.98 Å². The van der Waals surface area contributed by atoms with Gasteiger partial charge in [-0.15, -0.1) is 11.3 Å². The number of hydrogen-bond donors (Lipinski definition) is 0. The predicted octanol–water partition coefficient (Wildman–Crippen LogP) is 3.85. The Hall–Kier alpha value is -1.34. The predicted molar refractivity (Wildman–Crippen MR) is 112 cm³/mol. The second kappa shape index (κ2) is 7.95. The quantitative estimate of drug-likeness (QED) is 0.560. The van der Waals surface area contributed by atoms with E-state index in [1.807, 2.05) is 11.8 Å². The molecule has 2 aromatic rings. The van der Waals surface area contributed by atoms with Crippen LogP contribution in [0.3, 0.4) is 0 Å². The number of nitrogens with zero attached hydrogens (tertiary/aromatic N) is 3. The molecule has 5 nitrogen and oxygen atoms in total. The van der Waals surface area contributed by atoms with E-state index in [1.54, 1.807) is 15.9 Å². The van der Waals surface area contributed by atoms with Crippen molar-refractivity contribution < 1.29 is 4.79 Å². The van der Waals surface area contributed by atoms with Gasteiger partial charge in [0.15, 0.2) is 5.16 Å². The number of piperidine rings is 1. The zero-order valence-corrected chi connectivity index (χ0v) is 17.8. The molecule has 1 aliphatic heterocycles. The fourth-order valence-corrected chi connectivity index (χ4v) is 6.47. The highest BCUT2D eigenvalue weighted by molar-refractivity contribution is 8.00. The van der Waals surface area contributed by atoms with E-state index in [0.29, 0.717) is 11.7 Å². The molecular weight excluding hydrogens is 378 g/mol. The fraction of sp³-hybridized carbons (Fsp3) is 0.650. The van der Waals surface area contributed by atoms with E-state index in [9.17, 15) is 9.59 Å². The Bertz CT molecular complexity index is 912. The van der Waals surface area contributed by atoms with Gasteiger partial charge in [-0.2, -0.15) is 0 Å². The zero-order chi connectivity index (χ0) is 19.0. The number of aromatic nitrogens is 2. The van der Waals surface area contributed by atoms with Crippen molar-refractivity contribution in [2.75, 3.05) is 13.1 Å². The maximum absolute atomic E-state index is 13.2. The minimum absolute atomic E-state index is 0.0846. The number of carbonyl (C=O) groups excluding carboxylic acids is 1. The van der Waals surface area contributed by atoms with Gasteiger partial charge in [0.2, 0.25) is 5.91 Å². The largest absolute Gasteiger partial charge is 0.342 e. The van der Waals surface area contributed by atoms with Crippen LogP contribution in [0.2, 0.25) is 0 Å². The molecule has 1 aliphatic carbocycles. The minimum Gasteiger partial charge on any atom is -0.342 e. The summed E-state index contributed by atoms with van der Waals surface area (Å²) in [5.41, 5.74) is 1.31. The Morgan fingerprint density at radius 2 is 2.00 bits per heavy atom. The van der Waals surface area contributed by atoms with E-state index in [-0.39, 0.29) is 16.7 Å². The molecule has 0 saturated carbocycles. The maximum atomic E-state index is 13.2. The Morgan fingerprint density at radius 3 is 2.74 bits per heavy atom. The number of likely N-dealkylation sites (tertiary alicyclic amines) is 1. The van der Waals surface area contributed by atoms with Gasteiger partial charge in [-0.3, -0.25) is 14.2 Å². The summed E-state index contributed by atoms with van der Waals surface area (Å²) in [6.45, 7) is 6.39. The average Bonchev–Trinajstić information content (AvgIpc) is 3.25. The number of hydrogen-bond acceptors (Lipinski definition) is 5. The number of aryl methyl sites for hydroxylation is 2. The Balaban J connectivity index is 1.67. The molecule has 4 rings (SSSR count). The van der Waals surface area contributed by atoms with E-state index in [2.05, 4.69) is 6.92 Å². The lowest BCUT2D eigenvalue weighted by Crippen LogP contribution is -2.40. The van der Waals surface area contributed by atoms with Crippen LogP contribution in [0, 0.1) is 0 Å². The number of thiophene rings is 1. The molecule has 7 heteroatoms. The first kappa shape index (κ1) is 19.0. The Morgan fingerprint density at radius 1 is 1.22 bits per heavy atom. The molecule has 27 heavy (non-hydrogen) atoms. The lowest BCUT2D eigenvalue weighted by molar-refractivity contribution is -0.131. The normalized spacial score (nSPS) is 18.1. The van der Waals surface area contributed by atoms with E-state index in [4.69, 9.17) is 4.98 Å². The SMILES string of the molecule is CCCn1c(SC(C)C(=O)N2CCCCC2)nc2sc3c(c2c1=O)CCC3. The highest BCUT2D eigenvalue weighted by atomic mass is 32.2. The summed E-state index contributed by atoms with van der Waals surface area (Å²) < 4.78 is 1.80. The third-order valence-electron chi connectivity index (χ3n) is 5.53. The number of thioether (sulfide) groups is 1. The molecule has 1 unspecified atom stereocenters. The van der Waals surface area contributed by atoms with Crippen LogP contribution in [-0.2, 0) is 24.2 Å². The summed E-state index contributed by atoms with van der Waals surface area (Å²) >= 11 is 3.12. The highest BCUT2D eigenvalue weighted by Crippen LogP contribution is 2.36. The topological polar surface area (TPSA) is 55.2 Å². The molecule has 0 bridgehead atoms. The minimum atomic E-state index is -0.220. The highest BCUT2D eigenvalue weighted by Gasteiger charge is 2.27. The summed E-state index contributed by atoms with van der Waals surface area (Å²) in [5, 5.41) is 1.31. The van der Waals surface area contributed by atoms with Gasteiger partial charge in [0.25, 0.3) is 5.56 Å². The van der Waals surface area contributed by atoms with E-state index in [0.717, 1.165) is 61.8 Å². The molecule has 2 aliphatic rings. The van der Waals surface area contributed by atoms with Crippen molar-refractivity contribution >= 4 is 39.2 Å². The van der Waals surface area contributed by atoms with Crippen LogP contribution in [0.25, 0.3) is 10.2 Å². The number of rotatable bonds is 5. The number of carbonyl (C=O) groups is 1. The van der Waals surface area contributed by atoms with Crippen LogP contribution in [0.4, 0.5) is 0 Å². The van der Waals surface area contributed by atoms with Crippen molar-refractivity contribution in [1.82, 2.24) is 14.5 Å². The smallest absolute Gasteiger partial charge is 0.263 e. The molecule has 0 radical (unpaired) electrons. The molecule has 3 heterocycles. The number of amides is 1. The molecule has 0 aromatic carbocycles. The second-order valence-electron chi connectivity index (χ2n) is 7.53. The lowest BCUT2D eigenvalue weighted by Gasteiger charge is -2.29. The van der Waals surface area contributed by atoms with Crippen molar-refractivity contribution in [3.63, 3.8) is 0 Å². The van der Waals surface area contributed by atoms with Crippen LogP contribution in [0.15, 0.2) is 9.95 Å². The zero-order valence-electron chi connectivity index (χ0n) is 16.1. The first-order chi connectivity index (χ1) is 13.1. The molecule has 0 spiro atoms. The maximum Gasteiger partial charge on any atom is 0.263 e. The number of fused-ring (bicyclic) bond motifs is 3. The molecule has 1 atom stereocenters. The van der Waals surface area contributed by atoms with Gasteiger partial charge in [0, 0.05) is 24.5 Å². The van der Waals surface area contributed by atoms with E-state index >= 15 is 0 Å². The van der Waals surface area contributed by atoms with Crippen molar-refractivity contribution in [2.24, 2.45) is 0 Å². The van der Waals surface area contributed by atoms with Gasteiger partial charge >= 0.3 is 0 Å². The molecule has 1 fully saturated rings. The fourth-order valence-electron chi connectivity index (χ4n) is 4.15. The van der Waals surface area contributed by atoms with Crippen molar-refractivity contribution in [1.29, 1.82) is 0 Å². The molecule has 146 valence electrons. The van der Waals surface area contributed by atoms with Gasteiger partial charge in [0.05, 0.1) is 10.6 Å². The monoisotopic (exact) mass is 405 g/mol. The second-order valence-corrected chi connectivity index (χ2v) is 9.93. The molecule has 2 aromatic heterocycles. The molecule has 1 saturated heterocycles. The Labute approximate surface area is 168 Å². The standard InChI is InChI=1S/C20H27N3O2S2/c1-3-10-23-19(25)16-14-8-7-9-15(14)27-17(16)21-20(23)26-13(2)18(24)22-11-5-4-6-12-22/h13H,3-12H2,1-2H3. The van der Waals surface area contributed by atoms with Crippen LogP contribution in [0.1, 0.15) is 56.4 Å². The van der Waals surface area contributed by atoms with Gasteiger partial charge in [-0.1, -0.05) is 18.7 Å². The van der Waals surface area contributed by atoms with Gasteiger partial charge in [-0.05, 0) is 57.4 Å². The lowest BCUT2D eigenvalue weighted by atomic mass is 10.1. The van der Waals surface area contributed by atoms with Crippen molar-refractivity contribution in [3.8, 4) is 0 Å². The average molecular weight is 406 g/mol. The summed E-state index contributed by atoms with van der Waals surface area (Å²) in [4.78, 5) is 35.1. The summed E-state index contributed by atoms with van der Waals surface area (Å²) in [6, 6.07) is 0. The van der Waals surface area contributed by atoms with Crippen LogP contribution in [-0.4, -0.2) is 38.7 Å². The van der Waals surface area contributed by atoms with Crippen LogP contribution in [0.5, 0.6) is 0 Å². The first-order valence-corrected chi connectivity index (χ1v) is 11.8. The third-order valence-corrected chi connectivity index (χ3v) is 7.80. The molecule has 1 amide bonds. The van der Waals surface area contributed by atoms with Gasteiger partial charge in [0.1, 0.15) is 4.83 Å². The van der Waals surface area contributed by atoms with E-state index < -0.39 is 0 Å². The van der Waals surface area contributed by atoms with Crippen molar-refractivity contribution in [2.45, 2.75) is 75.7 Å². The summed E-state index contributed by atoms with van der Waals surface area (Å²) in [6.07, 6.45) is 7.47. The Kier molecular flexibility index (Phi) is 5.60. The molecular formula is C20H27N3O2S2. The summed E-state index contributed by atoms with van der Waals surface area (Å²) in [5.74, 6) is 0.172. The third kappa shape index (κ3) is 3.56. The summed E-state index contributed by atoms with van der Waals surface area (Å²) in [7, 11) is 0.